The van der Waals surface area contributed by atoms with Crippen LogP contribution in [0.25, 0.3) is 10.8 Å². The van der Waals surface area contributed by atoms with Gasteiger partial charge in [-0.1, -0.05) is 49.4 Å². The molecule has 242 valence electrons. The Morgan fingerprint density at radius 3 is 2.43 bits per heavy atom. The largest absolute Gasteiger partial charge is 0.497 e. The van der Waals surface area contributed by atoms with Crippen molar-refractivity contribution in [1.29, 1.82) is 0 Å². The van der Waals surface area contributed by atoms with Gasteiger partial charge in [-0.05, 0) is 54.8 Å². The molecule has 12 heteroatoms. The molecule has 4 aromatic carbocycles. The maximum Gasteiger partial charge on any atom is 0.321 e. The van der Waals surface area contributed by atoms with Crippen LogP contribution in [-0.2, 0) is 10.0 Å². The molecule has 0 spiro atoms. The molecule has 11 nitrogen and oxygen atoms in total. The number of carbonyl (C=O) groups excluding carboxylic acids is 2. The van der Waals surface area contributed by atoms with E-state index in [1.165, 1.54) is 42.3 Å². The highest BCUT2D eigenvalue weighted by Gasteiger charge is 2.35. The summed E-state index contributed by atoms with van der Waals surface area (Å²) in [6.45, 7) is 3.72. The van der Waals surface area contributed by atoms with Gasteiger partial charge in [0.1, 0.15) is 11.9 Å². The third-order valence-corrected chi connectivity index (χ3v) is 9.52. The molecule has 46 heavy (non-hydrogen) atoms. The van der Waals surface area contributed by atoms with Crippen molar-refractivity contribution < 1.29 is 32.6 Å². The molecule has 3 amide bonds. The summed E-state index contributed by atoms with van der Waals surface area (Å²) in [5.74, 6) is -0.181. The quantitative estimate of drug-likeness (QED) is 0.232. The third kappa shape index (κ3) is 6.87. The number of rotatable bonds is 9. The molecule has 1 heterocycles. The van der Waals surface area contributed by atoms with Gasteiger partial charge in [0.05, 0.1) is 48.1 Å². The number of sulfonamides is 1. The number of anilines is 2. The summed E-state index contributed by atoms with van der Waals surface area (Å²) in [7, 11) is -0.956. The summed E-state index contributed by atoms with van der Waals surface area (Å²) >= 11 is 0. The Kier molecular flexibility index (Phi) is 9.68. The number of ether oxygens (including phenoxy) is 2. The van der Waals surface area contributed by atoms with Crippen molar-refractivity contribution >= 4 is 44.1 Å². The lowest BCUT2D eigenvalue weighted by Crippen LogP contribution is -2.50. The normalized spacial score (nSPS) is 17.2. The topological polar surface area (TPSA) is 138 Å². The Labute approximate surface area is 268 Å². The molecular weight excluding hydrogens is 608 g/mol. The standard InChI is InChI=1S/C34H38N4O7S/c1-22-19-38(23(2)21-39)33(40)28-12-8-14-30(36-46(42,43)26-17-15-25(44-4)16-18-26)32(28)45-31(22)20-37(3)34(41)35-29-13-7-10-24-9-5-6-11-27(24)29/h5-18,22-23,31,36,39H,19-21H2,1-4H3,(H,35,41)/t22-,23+,31+/m1/s1. The fraction of sp³-hybridized carbons (Fsp3) is 0.294. The van der Waals surface area contributed by atoms with Crippen molar-refractivity contribution in [2.45, 2.75) is 30.9 Å². The van der Waals surface area contributed by atoms with Gasteiger partial charge in [0.2, 0.25) is 0 Å². The first-order valence-corrected chi connectivity index (χ1v) is 16.4. The van der Waals surface area contributed by atoms with Gasteiger partial charge in [-0.15, -0.1) is 0 Å². The molecule has 0 bridgehead atoms. The Hall–Kier alpha value is -4.81. The van der Waals surface area contributed by atoms with E-state index in [-0.39, 0.29) is 53.5 Å². The van der Waals surface area contributed by atoms with Gasteiger partial charge in [-0.3, -0.25) is 9.52 Å². The lowest BCUT2D eigenvalue weighted by atomic mass is 9.99. The summed E-state index contributed by atoms with van der Waals surface area (Å²) in [6, 6.07) is 23.1. The Balaban J connectivity index is 1.46. The Morgan fingerprint density at radius 2 is 1.72 bits per heavy atom. The Bertz CT molecular complexity index is 1830. The molecule has 0 aliphatic carbocycles. The molecular formula is C34H38N4O7S. The second-order valence-electron chi connectivity index (χ2n) is 11.4. The van der Waals surface area contributed by atoms with Crippen LogP contribution in [0.15, 0.2) is 89.8 Å². The second-order valence-corrected chi connectivity index (χ2v) is 13.1. The van der Waals surface area contributed by atoms with Crippen LogP contribution in [-0.4, -0.2) is 81.3 Å². The SMILES string of the molecule is COc1ccc(S(=O)(=O)Nc2cccc3c2O[C@@H](CN(C)C(=O)Nc2cccc4ccccc24)[C@H](C)CN([C@@H](C)CO)C3=O)cc1. The first-order valence-electron chi connectivity index (χ1n) is 14.9. The van der Waals surface area contributed by atoms with E-state index >= 15 is 0 Å². The van der Waals surface area contributed by atoms with Crippen molar-refractivity contribution in [1.82, 2.24) is 9.80 Å². The molecule has 0 fully saturated rings. The van der Waals surface area contributed by atoms with Crippen molar-refractivity contribution in [3.05, 3.63) is 90.5 Å². The summed E-state index contributed by atoms with van der Waals surface area (Å²) in [5, 5.41) is 14.9. The molecule has 4 aromatic rings. The van der Waals surface area contributed by atoms with Crippen LogP contribution in [0.4, 0.5) is 16.2 Å². The van der Waals surface area contributed by atoms with Gasteiger partial charge in [0.25, 0.3) is 15.9 Å². The van der Waals surface area contributed by atoms with Crippen molar-refractivity contribution in [2.24, 2.45) is 5.92 Å². The minimum atomic E-state index is -4.09. The maximum atomic E-state index is 13.8. The predicted octanol–water partition coefficient (Wildman–Crippen LogP) is 5.03. The van der Waals surface area contributed by atoms with Gasteiger partial charge < -0.3 is 29.7 Å². The van der Waals surface area contributed by atoms with E-state index in [4.69, 9.17) is 9.47 Å². The minimum absolute atomic E-state index is 0.00615. The van der Waals surface area contributed by atoms with Gasteiger partial charge in [0, 0.05) is 24.9 Å². The molecule has 5 rings (SSSR count). The number of aliphatic hydroxyl groups is 1. The number of hydrogen-bond acceptors (Lipinski definition) is 7. The molecule has 1 aliphatic rings. The summed E-state index contributed by atoms with van der Waals surface area (Å²) in [6.07, 6.45) is -0.657. The second kappa shape index (κ2) is 13.7. The monoisotopic (exact) mass is 646 g/mol. The maximum absolute atomic E-state index is 13.8. The fourth-order valence-corrected chi connectivity index (χ4v) is 6.46. The first-order chi connectivity index (χ1) is 22.0. The minimum Gasteiger partial charge on any atom is -0.497 e. The van der Waals surface area contributed by atoms with Crippen molar-refractivity contribution in [2.75, 3.05) is 43.9 Å². The van der Waals surface area contributed by atoms with E-state index in [0.717, 1.165) is 10.8 Å². The van der Waals surface area contributed by atoms with Crippen LogP contribution in [0, 0.1) is 5.92 Å². The zero-order chi connectivity index (χ0) is 33.0. The number of nitrogens with one attached hydrogen (secondary N) is 2. The molecule has 0 saturated heterocycles. The zero-order valence-electron chi connectivity index (χ0n) is 26.1. The average Bonchev–Trinajstić information content (AvgIpc) is 3.06. The van der Waals surface area contributed by atoms with Gasteiger partial charge in [0.15, 0.2) is 5.75 Å². The van der Waals surface area contributed by atoms with Crippen LogP contribution in [0.1, 0.15) is 24.2 Å². The average molecular weight is 647 g/mol. The van der Waals surface area contributed by atoms with Gasteiger partial charge >= 0.3 is 6.03 Å². The molecule has 0 unspecified atom stereocenters. The highest BCUT2D eigenvalue weighted by Crippen LogP contribution is 2.36. The van der Waals surface area contributed by atoms with E-state index in [9.17, 15) is 23.1 Å². The molecule has 1 aliphatic heterocycles. The van der Waals surface area contributed by atoms with Crippen LogP contribution < -0.4 is 19.5 Å². The molecule has 0 radical (unpaired) electrons. The van der Waals surface area contributed by atoms with Gasteiger partial charge in [-0.2, -0.15) is 0 Å². The van der Waals surface area contributed by atoms with Gasteiger partial charge in [-0.25, -0.2) is 13.2 Å². The van der Waals surface area contributed by atoms with Crippen molar-refractivity contribution in [3.8, 4) is 11.5 Å². The number of urea groups is 1. The van der Waals surface area contributed by atoms with E-state index in [2.05, 4.69) is 10.0 Å². The molecule has 0 saturated carbocycles. The van der Waals surface area contributed by atoms with E-state index in [1.807, 2.05) is 49.4 Å². The third-order valence-electron chi connectivity index (χ3n) is 8.14. The number of carbonyl (C=O) groups is 2. The number of likely N-dealkylation sites (N-methyl/N-ethyl adjacent to an activating group) is 1. The summed E-state index contributed by atoms with van der Waals surface area (Å²) < 4.78 is 41.1. The lowest BCUT2D eigenvalue weighted by Gasteiger charge is -2.38. The number of para-hydroxylation sites is 1. The number of benzene rings is 4. The Morgan fingerprint density at radius 1 is 1.04 bits per heavy atom. The van der Waals surface area contributed by atoms with E-state index in [0.29, 0.717) is 11.4 Å². The molecule has 3 N–H and O–H groups in total. The fourth-order valence-electron chi connectivity index (χ4n) is 5.40. The summed E-state index contributed by atoms with van der Waals surface area (Å²) in [5.41, 5.74) is 0.867. The van der Waals surface area contributed by atoms with Crippen LogP contribution >= 0.6 is 0 Å². The van der Waals surface area contributed by atoms with Crippen molar-refractivity contribution in [3.63, 3.8) is 0 Å². The van der Waals surface area contributed by atoms with E-state index < -0.39 is 28.1 Å². The summed E-state index contributed by atoms with van der Waals surface area (Å²) in [4.78, 5) is 30.3. The number of methoxy groups -OCH3 is 1. The first kappa shape index (κ1) is 32.6. The molecule has 0 aromatic heterocycles. The highest BCUT2D eigenvalue weighted by atomic mass is 32.2. The zero-order valence-corrected chi connectivity index (χ0v) is 27.0. The van der Waals surface area contributed by atoms with Crippen LogP contribution in [0.2, 0.25) is 0 Å². The number of fused-ring (bicyclic) bond motifs is 2. The highest BCUT2D eigenvalue weighted by molar-refractivity contribution is 7.92. The van der Waals surface area contributed by atoms with Crippen LogP contribution in [0.3, 0.4) is 0 Å². The number of amides is 3. The smallest absolute Gasteiger partial charge is 0.321 e. The number of aliphatic hydroxyl groups excluding tert-OH is 1. The van der Waals surface area contributed by atoms with Crippen LogP contribution in [0.5, 0.6) is 11.5 Å². The number of hydrogen-bond donors (Lipinski definition) is 3. The van der Waals surface area contributed by atoms with E-state index in [1.54, 1.807) is 31.0 Å². The predicted molar refractivity (Wildman–Crippen MR) is 177 cm³/mol. The lowest BCUT2D eigenvalue weighted by molar-refractivity contribution is 0.0373. The number of nitrogens with zero attached hydrogens (tertiary/aromatic N) is 2. The molecule has 3 atom stereocenters.